The van der Waals surface area contributed by atoms with Crippen LogP contribution < -0.4 is 11.1 Å². The molecule has 5 nitrogen and oxygen atoms in total. The molecule has 3 N–H and O–H groups in total. The van der Waals surface area contributed by atoms with Gasteiger partial charge >= 0.3 is 0 Å². The van der Waals surface area contributed by atoms with Crippen LogP contribution in [0.5, 0.6) is 0 Å². The van der Waals surface area contributed by atoms with E-state index in [-0.39, 0.29) is 5.91 Å². The number of nitrogens with zero attached hydrogens (tertiary/aromatic N) is 1. The fourth-order valence-electron chi connectivity index (χ4n) is 1.83. The summed E-state index contributed by atoms with van der Waals surface area (Å²) in [5.74, 6) is -0.179. The van der Waals surface area contributed by atoms with E-state index in [1.165, 1.54) is 4.88 Å². The molecule has 1 aromatic carbocycles. The molecule has 0 saturated heterocycles. The minimum absolute atomic E-state index is 0.179. The molecular weight excluding hydrogens is 286 g/mol. The largest absolute Gasteiger partial charge is 0.399 e. The molecule has 1 atom stereocenters. The Labute approximate surface area is 128 Å². The van der Waals surface area contributed by atoms with Gasteiger partial charge in [-0.1, -0.05) is 6.07 Å². The van der Waals surface area contributed by atoms with Crippen LogP contribution in [-0.4, -0.2) is 23.6 Å². The van der Waals surface area contributed by atoms with Gasteiger partial charge in [-0.15, -0.1) is 11.3 Å². The van der Waals surface area contributed by atoms with E-state index in [0.717, 1.165) is 12.1 Å². The summed E-state index contributed by atoms with van der Waals surface area (Å²) in [5, 5.41) is 2.78. The second kappa shape index (κ2) is 7.19. The topological polar surface area (TPSA) is 77.2 Å². The average Bonchev–Trinajstić information content (AvgIpc) is 2.84. The normalized spacial score (nSPS) is 12.1. The number of aromatic nitrogens is 1. The van der Waals surface area contributed by atoms with Crippen LogP contribution >= 0.6 is 11.3 Å². The van der Waals surface area contributed by atoms with Crippen molar-refractivity contribution in [3.63, 3.8) is 0 Å². The molecule has 6 heteroatoms. The number of ether oxygens (including phenoxy) is 1. The number of nitrogens with two attached hydrogens (primary N) is 1. The maximum absolute atomic E-state index is 12.0. The van der Waals surface area contributed by atoms with Gasteiger partial charge in [0.1, 0.15) is 6.10 Å². The van der Waals surface area contributed by atoms with Crippen molar-refractivity contribution in [3.05, 3.63) is 40.3 Å². The molecule has 112 valence electrons. The summed E-state index contributed by atoms with van der Waals surface area (Å²) in [6.45, 7) is 4.21. The molecule has 0 aliphatic rings. The Morgan fingerprint density at radius 1 is 1.52 bits per heavy atom. The first-order chi connectivity index (χ1) is 10.1. The molecule has 1 heterocycles. The molecule has 0 spiro atoms. The van der Waals surface area contributed by atoms with Gasteiger partial charge in [0, 0.05) is 22.7 Å². The first-order valence-electron chi connectivity index (χ1n) is 6.73. The summed E-state index contributed by atoms with van der Waals surface area (Å²) in [4.78, 5) is 17.4. The molecule has 1 aromatic heterocycles. The molecule has 0 fully saturated rings. The Kier molecular flexibility index (Phi) is 5.30. The van der Waals surface area contributed by atoms with Crippen molar-refractivity contribution in [2.24, 2.45) is 0 Å². The molecule has 1 unspecified atom stereocenters. The van der Waals surface area contributed by atoms with Gasteiger partial charge < -0.3 is 15.8 Å². The maximum Gasteiger partial charge on any atom is 0.253 e. The first-order valence-corrected chi connectivity index (χ1v) is 7.61. The van der Waals surface area contributed by atoms with Crippen LogP contribution in [0.3, 0.4) is 0 Å². The second-order valence-electron chi connectivity index (χ2n) is 4.74. The van der Waals surface area contributed by atoms with Crippen molar-refractivity contribution in [2.45, 2.75) is 26.4 Å². The number of rotatable bonds is 6. The molecule has 0 saturated carbocycles. The SMILES string of the molecule is Cc1ncsc1CCOC(C)C(=O)Nc1cccc(N)c1. The predicted octanol–water partition coefficient (Wildman–Crippen LogP) is 2.62. The van der Waals surface area contributed by atoms with Crippen molar-refractivity contribution in [1.29, 1.82) is 0 Å². The number of amides is 1. The molecule has 21 heavy (non-hydrogen) atoms. The Bertz CT molecular complexity index is 612. The minimum Gasteiger partial charge on any atom is -0.399 e. The van der Waals surface area contributed by atoms with E-state index in [9.17, 15) is 4.79 Å². The second-order valence-corrected chi connectivity index (χ2v) is 5.68. The van der Waals surface area contributed by atoms with Gasteiger partial charge in [-0.3, -0.25) is 4.79 Å². The molecule has 2 aromatic rings. The third kappa shape index (κ3) is 4.54. The predicted molar refractivity (Wildman–Crippen MR) is 85.5 cm³/mol. The molecule has 0 aliphatic carbocycles. The zero-order valence-electron chi connectivity index (χ0n) is 12.1. The first kappa shape index (κ1) is 15.5. The van der Waals surface area contributed by atoms with Crippen molar-refractivity contribution in [2.75, 3.05) is 17.7 Å². The Morgan fingerprint density at radius 2 is 2.33 bits per heavy atom. The van der Waals surface area contributed by atoms with Gasteiger partial charge in [0.15, 0.2) is 0 Å². The highest BCUT2D eigenvalue weighted by molar-refractivity contribution is 7.09. The highest BCUT2D eigenvalue weighted by Gasteiger charge is 2.14. The Morgan fingerprint density at radius 3 is 3.00 bits per heavy atom. The third-order valence-electron chi connectivity index (χ3n) is 3.07. The summed E-state index contributed by atoms with van der Waals surface area (Å²) in [6, 6.07) is 7.07. The van der Waals surface area contributed by atoms with Gasteiger partial charge in [-0.2, -0.15) is 0 Å². The lowest BCUT2D eigenvalue weighted by Gasteiger charge is -2.13. The van der Waals surface area contributed by atoms with Crippen molar-refractivity contribution in [3.8, 4) is 0 Å². The lowest BCUT2D eigenvalue weighted by atomic mass is 10.2. The van der Waals surface area contributed by atoms with Crippen LogP contribution in [0.15, 0.2) is 29.8 Å². The standard InChI is InChI=1S/C15H19N3O2S/c1-10-14(21-9-17-10)6-7-20-11(2)15(19)18-13-5-3-4-12(16)8-13/h3-5,8-9,11H,6-7,16H2,1-2H3,(H,18,19). The van der Waals surface area contributed by atoms with Gasteiger partial charge in [0.2, 0.25) is 0 Å². The fourth-order valence-corrected chi connectivity index (χ4v) is 2.59. The van der Waals surface area contributed by atoms with Crippen LogP contribution in [0.25, 0.3) is 0 Å². The van der Waals surface area contributed by atoms with Crippen LogP contribution in [0, 0.1) is 6.92 Å². The molecule has 2 rings (SSSR count). The zero-order chi connectivity index (χ0) is 15.2. The van der Waals surface area contributed by atoms with E-state index >= 15 is 0 Å². The van der Waals surface area contributed by atoms with Gasteiger partial charge in [0.05, 0.1) is 17.8 Å². The highest BCUT2D eigenvalue weighted by atomic mass is 32.1. The van der Waals surface area contributed by atoms with Crippen LogP contribution in [0.1, 0.15) is 17.5 Å². The molecular formula is C15H19N3O2S. The minimum atomic E-state index is -0.514. The molecule has 0 radical (unpaired) electrons. The van der Waals surface area contributed by atoms with E-state index in [1.54, 1.807) is 42.5 Å². The van der Waals surface area contributed by atoms with E-state index < -0.39 is 6.10 Å². The van der Waals surface area contributed by atoms with Gasteiger partial charge in [0.25, 0.3) is 5.91 Å². The Hall–Kier alpha value is -1.92. The lowest BCUT2D eigenvalue weighted by Crippen LogP contribution is -2.28. The summed E-state index contributed by atoms with van der Waals surface area (Å²) in [7, 11) is 0. The molecule has 0 aliphatic heterocycles. The number of hydrogen-bond acceptors (Lipinski definition) is 5. The number of nitrogen functional groups attached to an aromatic ring is 1. The summed E-state index contributed by atoms with van der Waals surface area (Å²) >= 11 is 1.61. The van der Waals surface area contributed by atoms with E-state index in [2.05, 4.69) is 10.3 Å². The van der Waals surface area contributed by atoms with Gasteiger partial charge in [-0.05, 0) is 32.0 Å². The van der Waals surface area contributed by atoms with Gasteiger partial charge in [-0.25, -0.2) is 4.98 Å². The number of carbonyl (C=O) groups is 1. The van der Waals surface area contributed by atoms with E-state index in [1.807, 2.05) is 12.4 Å². The number of carbonyl (C=O) groups excluding carboxylic acids is 1. The number of thiazole rings is 1. The Balaban J connectivity index is 1.79. The third-order valence-corrected chi connectivity index (χ3v) is 4.06. The van der Waals surface area contributed by atoms with Crippen molar-refractivity contribution in [1.82, 2.24) is 4.98 Å². The van der Waals surface area contributed by atoms with Crippen LogP contribution in [0.4, 0.5) is 11.4 Å². The van der Waals surface area contributed by atoms with E-state index in [4.69, 9.17) is 10.5 Å². The zero-order valence-corrected chi connectivity index (χ0v) is 12.9. The van der Waals surface area contributed by atoms with Crippen molar-refractivity contribution >= 4 is 28.6 Å². The van der Waals surface area contributed by atoms with Crippen LogP contribution in [-0.2, 0) is 16.0 Å². The number of aryl methyl sites for hydroxylation is 1. The number of nitrogens with one attached hydrogen (secondary N) is 1. The van der Waals surface area contributed by atoms with E-state index in [0.29, 0.717) is 18.0 Å². The monoisotopic (exact) mass is 305 g/mol. The summed E-state index contributed by atoms with van der Waals surface area (Å²) in [6.07, 6.45) is 0.256. The number of anilines is 2. The summed E-state index contributed by atoms with van der Waals surface area (Å²) < 4.78 is 5.57. The summed E-state index contributed by atoms with van der Waals surface area (Å²) in [5.41, 5.74) is 9.81. The smallest absolute Gasteiger partial charge is 0.253 e. The molecule has 1 amide bonds. The molecule has 0 bridgehead atoms. The average molecular weight is 305 g/mol. The van der Waals surface area contributed by atoms with Crippen LogP contribution in [0.2, 0.25) is 0 Å². The fraction of sp³-hybridized carbons (Fsp3) is 0.333. The maximum atomic E-state index is 12.0. The van der Waals surface area contributed by atoms with Crippen molar-refractivity contribution < 1.29 is 9.53 Å². The number of hydrogen-bond donors (Lipinski definition) is 2. The lowest BCUT2D eigenvalue weighted by molar-refractivity contribution is -0.126. The highest BCUT2D eigenvalue weighted by Crippen LogP contribution is 2.14. The number of benzene rings is 1. The quantitative estimate of drug-likeness (QED) is 0.804.